The summed E-state index contributed by atoms with van der Waals surface area (Å²) in [5.74, 6) is 4.97. The van der Waals surface area contributed by atoms with Crippen molar-refractivity contribution in [3.05, 3.63) is 23.9 Å². The average molecular weight is 112 g/mol. The van der Waals surface area contributed by atoms with E-state index in [-0.39, 0.29) is 0 Å². The topological polar surface area (TPSA) is 38.0 Å². The summed E-state index contributed by atoms with van der Waals surface area (Å²) in [6, 6.07) is 0. The molecule has 0 aromatic heterocycles. The summed E-state index contributed by atoms with van der Waals surface area (Å²) >= 11 is 0. The minimum absolute atomic E-state index is 1.20. The molecule has 8 heavy (non-hydrogen) atoms. The fraction of sp³-hybridized carbons (Fsp3) is 0.333. The van der Waals surface area contributed by atoms with Crippen molar-refractivity contribution in [2.75, 3.05) is 0 Å². The van der Waals surface area contributed by atoms with Crippen LogP contribution in [-0.4, -0.2) is 0 Å². The Labute approximate surface area is 50.0 Å². The number of rotatable bonds is 2. The molecule has 0 saturated heterocycles. The summed E-state index contributed by atoms with van der Waals surface area (Å²) in [6.07, 6.45) is 5.60. The first-order chi connectivity index (χ1) is 3.81. The zero-order valence-corrected chi connectivity index (χ0v) is 5.31. The molecule has 2 nitrogen and oxygen atoms in total. The third-order valence-corrected chi connectivity index (χ3v) is 0.898. The van der Waals surface area contributed by atoms with Gasteiger partial charge in [0.1, 0.15) is 0 Å². The minimum Gasteiger partial charge on any atom is -0.331 e. The second-order valence-electron chi connectivity index (χ2n) is 1.53. The fourth-order valence-electron chi connectivity index (χ4n) is 0.276. The van der Waals surface area contributed by atoms with Crippen LogP contribution in [0.15, 0.2) is 23.9 Å². The van der Waals surface area contributed by atoms with Crippen LogP contribution < -0.4 is 11.3 Å². The van der Waals surface area contributed by atoms with Crippen molar-refractivity contribution in [3.63, 3.8) is 0 Å². The van der Waals surface area contributed by atoms with Crippen LogP contribution in [0.4, 0.5) is 0 Å². The van der Waals surface area contributed by atoms with E-state index < -0.39 is 0 Å². The van der Waals surface area contributed by atoms with Crippen molar-refractivity contribution in [2.24, 2.45) is 5.84 Å². The number of hydrazine groups is 1. The van der Waals surface area contributed by atoms with Crippen molar-refractivity contribution in [1.29, 1.82) is 0 Å². The van der Waals surface area contributed by atoms with Gasteiger partial charge in [-0.1, -0.05) is 11.6 Å². The van der Waals surface area contributed by atoms with Gasteiger partial charge in [-0.2, -0.15) is 0 Å². The minimum atomic E-state index is 1.20. The average Bonchev–Trinajstić information content (AvgIpc) is 1.83. The summed E-state index contributed by atoms with van der Waals surface area (Å²) in [7, 11) is 0. The predicted octanol–water partition coefficient (Wildman–Crippen LogP) is 0.930. The highest BCUT2D eigenvalue weighted by molar-refractivity contribution is 5.13. The largest absolute Gasteiger partial charge is 0.331 e. The van der Waals surface area contributed by atoms with Crippen molar-refractivity contribution in [3.8, 4) is 0 Å². The lowest BCUT2D eigenvalue weighted by molar-refractivity contribution is 0.966. The molecule has 3 N–H and O–H groups in total. The molecule has 0 bridgehead atoms. The highest BCUT2D eigenvalue weighted by Crippen LogP contribution is 1.90. The van der Waals surface area contributed by atoms with Gasteiger partial charge in [-0.25, -0.2) is 0 Å². The standard InChI is InChI=1S/C6H12N2/c1-3-6(2)4-5-8-7/h3-5,8H,7H2,1-2H3/b5-4-,6-3+. The first kappa shape index (κ1) is 7.24. The Morgan fingerprint density at radius 1 is 1.62 bits per heavy atom. The molecule has 0 aliphatic rings. The van der Waals surface area contributed by atoms with Crippen LogP contribution in [-0.2, 0) is 0 Å². The summed E-state index contributed by atoms with van der Waals surface area (Å²) in [6.45, 7) is 3.99. The molecule has 0 heterocycles. The highest BCUT2D eigenvalue weighted by Gasteiger charge is 1.71. The van der Waals surface area contributed by atoms with Crippen LogP contribution in [0.3, 0.4) is 0 Å². The molecule has 0 unspecified atom stereocenters. The van der Waals surface area contributed by atoms with Gasteiger partial charge in [-0.15, -0.1) is 0 Å². The van der Waals surface area contributed by atoms with Gasteiger partial charge in [-0.3, -0.25) is 5.84 Å². The molecule has 46 valence electrons. The number of hydrogen-bond donors (Lipinski definition) is 2. The molecular formula is C6H12N2. The maximum absolute atomic E-state index is 4.97. The summed E-state index contributed by atoms with van der Waals surface area (Å²) in [5.41, 5.74) is 3.61. The van der Waals surface area contributed by atoms with E-state index in [0.29, 0.717) is 0 Å². The quantitative estimate of drug-likeness (QED) is 0.317. The number of allylic oxidation sites excluding steroid dienone is 3. The maximum Gasteiger partial charge on any atom is 0.0125 e. The summed E-state index contributed by atoms with van der Waals surface area (Å²) in [4.78, 5) is 0. The normalized spacial score (nSPS) is 12.6. The smallest absolute Gasteiger partial charge is 0.0125 e. The van der Waals surface area contributed by atoms with Crippen LogP contribution in [0.5, 0.6) is 0 Å². The lowest BCUT2D eigenvalue weighted by Gasteiger charge is -1.86. The zero-order valence-electron chi connectivity index (χ0n) is 5.31. The van der Waals surface area contributed by atoms with Crippen molar-refractivity contribution in [2.45, 2.75) is 13.8 Å². The summed E-state index contributed by atoms with van der Waals surface area (Å²) in [5, 5.41) is 0. The first-order valence-electron chi connectivity index (χ1n) is 2.57. The Balaban J connectivity index is 3.53. The number of hydrogen-bond acceptors (Lipinski definition) is 2. The summed E-state index contributed by atoms with van der Waals surface area (Å²) < 4.78 is 0. The van der Waals surface area contributed by atoms with Crippen LogP contribution in [0.1, 0.15) is 13.8 Å². The molecule has 0 aliphatic heterocycles. The number of nitrogens with two attached hydrogens (primary N) is 1. The van der Waals surface area contributed by atoms with Crippen molar-refractivity contribution in [1.82, 2.24) is 5.43 Å². The van der Waals surface area contributed by atoms with Gasteiger partial charge in [0.2, 0.25) is 0 Å². The van der Waals surface area contributed by atoms with E-state index >= 15 is 0 Å². The molecule has 0 fully saturated rings. The van der Waals surface area contributed by atoms with Gasteiger partial charge in [-0.05, 0) is 19.9 Å². The lowest BCUT2D eigenvalue weighted by Crippen LogP contribution is -2.12. The Bertz CT molecular complexity index is 103. The van der Waals surface area contributed by atoms with Crippen molar-refractivity contribution < 1.29 is 0 Å². The Hall–Kier alpha value is -0.760. The Morgan fingerprint density at radius 3 is 2.62 bits per heavy atom. The molecule has 0 amide bonds. The number of nitrogens with one attached hydrogen (secondary N) is 1. The molecule has 0 saturated carbocycles. The van der Waals surface area contributed by atoms with E-state index in [0.717, 1.165) is 0 Å². The van der Waals surface area contributed by atoms with Gasteiger partial charge in [0.25, 0.3) is 0 Å². The van der Waals surface area contributed by atoms with Gasteiger partial charge >= 0.3 is 0 Å². The van der Waals surface area contributed by atoms with E-state index in [9.17, 15) is 0 Å². The zero-order chi connectivity index (χ0) is 6.41. The molecule has 0 rings (SSSR count). The molecule has 0 aromatic rings. The highest BCUT2D eigenvalue weighted by atomic mass is 15.2. The first-order valence-corrected chi connectivity index (χ1v) is 2.57. The third kappa shape index (κ3) is 3.43. The molecule has 0 spiro atoms. The SMILES string of the molecule is C/C=C(C)/C=C\NN. The third-order valence-electron chi connectivity index (χ3n) is 0.898. The predicted molar refractivity (Wildman–Crippen MR) is 35.9 cm³/mol. The Kier molecular flexibility index (Phi) is 3.98. The lowest BCUT2D eigenvalue weighted by atomic mass is 10.3. The van der Waals surface area contributed by atoms with Gasteiger partial charge in [0, 0.05) is 6.20 Å². The van der Waals surface area contributed by atoms with E-state index in [2.05, 4.69) is 5.43 Å². The van der Waals surface area contributed by atoms with E-state index in [1.54, 1.807) is 6.20 Å². The molecular weight excluding hydrogens is 100 g/mol. The molecule has 0 radical (unpaired) electrons. The van der Waals surface area contributed by atoms with Crippen LogP contribution in [0.25, 0.3) is 0 Å². The van der Waals surface area contributed by atoms with Crippen LogP contribution in [0.2, 0.25) is 0 Å². The van der Waals surface area contributed by atoms with Crippen LogP contribution >= 0.6 is 0 Å². The fourth-order valence-corrected chi connectivity index (χ4v) is 0.276. The van der Waals surface area contributed by atoms with Gasteiger partial charge < -0.3 is 5.43 Å². The monoisotopic (exact) mass is 112 g/mol. The van der Waals surface area contributed by atoms with Crippen molar-refractivity contribution >= 4 is 0 Å². The molecule has 2 heteroatoms. The van der Waals surface area contributed by atoms with E-state index in [4.69, 9.17) is 5.84 Å². The molecule has 0 aromatic carbocycles. The Morgan fingerprint density at radius 2 is 2.25 bits per heavy atom. The van der Waals surface area contributed by atoms with Gasteiger partial charge in [0.15, 0.2) is 0 Å². The van der Waals surface area contributed by atoms with E-state index in [1.807, 2.05) is 26.0 Å². The van der Waals surface area contributed by atoms with E-state index in [1.165, 1.54) is 5.57 Å². The molecule has 0 aliphatic carbocycles. The maximum atomic E-state index is 4.97. The second-order valence-corrected chi connectivity index (χ2v) is 1.53. The second kappa shape index (κ2) is 4.40. The van der Waals surface area contributed by atoms with Crippen LogP contribution in [0, 0.1) is 0 Å². The molecule has 0 atom stereocenters. The van der Waals surface area contributed by atoms with Gasteiger partial charge in [0.05, 0.1) is 0 Å².